The van der Waals surface area contributed by atoms with Crippen molar-refractivity contribution in [2.45, 2.75) is 20.0 Å². The lowest BCUT2D eigenvalue weighted by Crippen LogP contribution is -2.12. The van der Waals surface area contributed by atoms with Crippen molar-refractivity contribution in [2.75, 3.05) is 0 Å². The largest absolute Gasteiger partial charge is 0.479 e. The summed E-state index contributed by atoms with van der Waals surface area (Å²) in [6.45, 7) is 3.08. The number of benzene rings is 1. The van der Waals surface area contributed by atoms with Crippen molar-refractivity contribution in [3.8, 4) is 0 Å². The highest BCUT2D eigenvalue weighted by Crippen LogP contribution is 2.22. The van der Waals surface area contributed by atoms with E-state index in [0.717, 1.165) is 0 Å². The summed E-state index contributed by atoms with van der Waals surface area (Å²) >= 11 is 0. The number of carboxylic acid groups (broad SMARTS) is 1. The van der Waals surface area contributed by atoms with Crippen LogP contribution in [0.2, 0.25) is 0 Å². The van der Waals surface area contributed by atoms with Crippen LogP contribution in [-0.2, 0) is 4.79 Å². The minimum Gasteiger partial charge on any atom is -0.479 e. The second-order valence-electron chi connectivity index (χ2n) is 3.20. The SMILES string of the molecule is Cc1cc(F)c(C)c(C(O)C(=O)O)c1. The van der Waals surface area contributed by atoms with E-state index in [-0.39, 0.29) is 11.1 Å². The minimum absolute atomic E-state index is 0.106. The van der Waals surface area contributed by atoms with Crippen LogP contribution in [0.3, 0.4) is 0 Å². The molecule has 1 aromatic carbocycles. The van der Waals surface area contributed by atoms with Crippen LogP contribution in [0.5, 0.6) is 0 Å². The topological polar surface area (TPSA) is 57.5 Å². The number of hydrogen-bond donors (Lipinski definition) is 2. The summed E-state index contributed by atoms with van der Waals surface area (Å²) < 4.78 is 13.2. The Bertz CT molecular complexity index is 374. The first-order valence-electron chi connectivity index (χ1n) is 4.11. The zero-order valence-electron chi connectivity index (χ0n) is 7.91. The second kappa shape index (κ2) is 3.75. The normalized spacial score (nSPS) is 12.6. The maximum absolute atomic E-state index is 13.2. The molecule has 14 heavy (non-hydrogen) atoms. The molecule has 3 nitrogen and oxygen atoms in total. The zero-order valence-corrected chi connectivity index (χ0v) is 7.91. The number of halogens is 1. The molecule has 0 spiro atoms. The summed E-state index contributed by atoms with van der Waals surface area (Å²) in [5.41, 5.74) is 0.865. The van der Waals surface area contributed by atoms with Crippen LogP contribution in [0, 0.1) is 19.7 Å². The highest BCUT2D eigenvalue weighted by atomic mass is 19.1. The Labute approximate surface area is 80.8 Å². The molecule has 0 fully saturated rings. The van der Waals surface area contributed by atoms with Gasteiger partial charge in [-0.25, -0.2) is 9.18 Å². The van der Waals surface area contributed by atoms with Crippen molar-refractivity contribution in [1.29, 1.82) is 0 Å². The number of carboxylic acids is 1. The van der Waals surface area contributed by atoms with Crippen LogP contribution in [0.25, 0.3) is 0 Å². The van der Waals surface area contributed by atoms with Gasteiger partial charge in [0.15, 0.2) is 6.10 Å². The summed E-state index contributed by atoms with van der Waals surface area (Å²) in [4.78, 5) is 10.5. The molecular formula is C10H11FO3. The second-order valence-corrected chi connectivity index (χ2v) is 3.20. The Kier molecular flexibility index (Phi) is 2.86. The van der Waals surface area contributed by atoms with Gasteiger partial charge in [-0.15, -0.1) is 0 Å². The van der Waals surface area contributed by atoms with Gasteiger partial charge >= 0.3 is 5.97 Å². The van der Waals surface area contributed by atoms with Crippen LogP contribution in [0.15, 0.2) is 12.1 Å². The fraction of sp³-hybridized carbons (Fsp3) is 0.300. The highest BCUT2D eigenvalue weighted by Gasteiger charge is 2.19. The molecule has 2 N–H and O–H groups in total. The lowest BCUT2D eigenvalue weighted by Gasteiger charge is -2.11. The van der Waals surface area contributed by atoms with E-state index in [2.05, 4.69) is 0 Å². The molecule has 0 saturated heterocycles. The fourth-order valence-corrected chi connectivity index (χ4v) is 1.26. The maximum Gasteiger partial charge on any atom is 0.337 e. The summed E-state index contributed by atoms with van der Waals surface area (Å²) in [5, 5.41) is 17.8. The molecule has 0 bridgehead atoms. The molecule has 1 rings (SSSR count). The van der Waals surface area contributed by atoms with E-state index < -0.39 is 17.9 Å². The molecule has 0 heterocycles. The summed E-state index contributed by atoms with van der Waals surface area (Å²) in [6, 6.07) is 2.77. The number of carbonyl (C=O) groups is 1. The molecule has 4 heteroatoms. The van der Waals surface area contributed by atoms with E-state index in [4.69, 9.17) is 5.11 Å². The van der Waals surface area contributed by atoms with E-state index in [0.29, 0.717) is 5.56 Å². The quantitative estimate of drug-likeness (QED) is 0.758. The first kappa shape index (κ1) is 10.7. The molecule has 0 aliphatic carbocycles. The lowest BCUT2D eigenvalue weighted by molar-refractivity contribution is -0.147. The predicted molar refractivity (Wildman–Crippen MR) is 48.5 cm³/mol. The van der Waals surface area contributed by atoms with Gasteiger partial charge < -0.3 is 10.2 Å². The fourth-order valence-electron chi connectivity index (χ4n) is 1.26. The van der Waals surface area contributed by atoms with Gasteiger partial charge in [0.1, 0.15) is 5.82 Å². The van der Waals surface area contributed by atoms with E-state index in [1.165, 1.54) is 19.1 Å². The molecule has 1 aromatic rings. The Hall–Kier alpha value is -1.42. The summed E-state index contributed by atoms with van der Waals surface area (Å²) in [7, 11) is 0. The molecule has 76 valence electrons. The van der Waals surface area contributed by atoms with Crippen molar-refractivity contribution >= 4 is 5.97 Å². The third-order valence-electron chi connectivity index (χ3n) is 2.06. The van der Waals surface area contributed by atoms with Crippen LogP contribution >= 0.6 is 0 Å². The monoisotopic (exact) mass is 198 g/mol. The van der Waals surface area contributed by atoms with Gasteiger partial charge in [0.05, 0.1) is 0 Å². The molecule has 1 atom stereocenters. The Morgan fingerprint density at radius 2 is 2.00 bits per heavy atom. The van der Waals surface area contributed by atoms with Crippen molar-refractivity contribution in [3.05, 3.63) is 34.6 Å². The average molecular weight is 198 g/mol. The standard InChI is InChI=1S/C10H11FO3/c1-5-3-7(9(12)10(13)14)6(2)8(11)4-5/h3-4,9,12H,1-2H3,(H,13,14). The zero-order chi connectivity index (χ0) is 10.9. The van der Waals surface area contributed by atoms with Gasteiger partial charge in [-0.1, -0.05) is 6.07 Å². The Morgan fingerprint density at radius 1 is 1.43 bits per heavy atom. The molecule has 0 radical (unpaired) electrons. The van der Waals surface area contributed by atoms with E-state index in [1.807, 2.05) is 0 Å². The lowest BCUT2D eigenvalue weighted by atomic mass is 10.0. The van der Waals surface area contributed by atoms with Gasteiger partial charge in [0.2, 0.25) is 0 Å². The molecule has 0 aliphatic rings. The number of aliphatic hydroxyl groups excluding tert-OH is 1. The summed E-state index contributed by atoms with van der Waals surface area (Å²) in [6.07, 6.45) is -1.66. The first-order chi connectivity index (χ1) is 6.43. The van der Waals surface area contributed by atoms with Gasteiger partial charge in [-0.2, -0.15) is 0 Å². The van der Waals surface area contributed by atoms with Crippen molar-refractivity contribution in [3.63, 3.8) is 0 Å². The number of hydrogen-bond acceptors (Lipinski definition) is 2. The maximum atomic E-state index is 13.2. The van der Waals surface area contributed by atoms with Crippen molar-refractivity contribution in [2.24, 2.45) is 0 Å². The molecule has 0 aromatic heterocycles. The van der Waals surface area contributed by atoms with Crippen LogP contribution in [0.4, 0.5) is 4.39 Å². The Balaban J connectivity index is 3.26. The minimum atomic E-state index is -1.66. The van der Waals surface area contributed by atoms with Gasteiger partial charge in [0, 0.05) is 0 Å². The number of rotatable bonds is 2. The smallest absolute Gasteiger partial charge is 0.337 e. The average Bonchev–Trinajstić information content (AvgIpc) is 2.09. The van der Waals surface area contributed by atoms with Crippen molar-refractivity contribution < 1.29 is 19.4 Å². The Morgan fingerprint density at radius 3 is 2.50 bits per heavy atom. The van der Waals surface area contributed by atoms with Crippen LogP contribution in [0.1, 0.15) is 22.8 Å². The molecular weight excluding hydrogens is 187 g/mol. The number of aliphatic hydroxyl groups is 1. The predicted octanol–water partition coefficient (Wildman–Crippen LogP) is 1.56. The van der Waals surface area contributed by atoms with Crippen molar-refractivity contribution in [1.82, 2.24) is 0 Å². The number of aryl methyl sites for hydroxylation is 1. The highest BCUT2D eigenvalue weighted by molar-refractivity contribution is 5.74. The van der Waals surface area contributed by atoms with Gasteiger partial charge in [-0.05, 0) is 36.6 Å². The molecule has 0 amide bonds. The first-order valence-corrected chi connectivity index (χ1v) is 4.11. The van der Waals surface area contributed by atoms with E-state index >= 15 is 0 Å². The third kappa shape index (κ3) is 1.90. The molecule has 0 aliphatic heterocycles. The summed E-state index contributed by atoms with van der Waals surface area (Å²) in [5.74, 6) is -1.88. The van der Waals surface area contributed by atoms with Gasteiger partial charge in [-0.3, -0.25) is 0 Å². The van der Waals surface area contributed by atoms with E-state index in [9.17, 15) is 14.3 Å². The van der Waals surface area contributed by atoms with E-state index in [1.54, 1.807) is 6.92 Å². The number of aliphatic carboxylic acids is 1. The molecule has 0 saturated carbocycles. The van der Waals surface area contributed by atoms with Gasteiger partial charge in [0.25, 0.3) is 0 Å². The van der Waals surface area contributed by atoms with Crippen LogP contribution < -0.4 is 0 Å². The third-order valence-corrected chi connectivity index (χ3v) is 2.06. The van der Waals surface area contributed by atoms with Crippen LogP contribution in [-0.4, -0.2) is 16.2 Å². The molecule has 1 unspecified atom stereocenters.